The summed E-state index contributed by atoms with van der Waals surface area (Å²) >= 11 is 0. The van der Waals surface area contributed by atoms with Crippen LogP contribution in [0.15, 0.2) is 50.9 Å². The lowest BCUT2D eigenvalue weighted by molar-refractivity contribution is 0.355. The second-order valence-electron chi connectivity index (χ2n) is 7.71. The van der Waals surface area contributed by atoms with Gasteiger partial charge < -0.3 is 19.4 Å². The molecule has 33 heavy (non-hydrogen) atoms. The minimum atomic E-state index is -0.541. The number of aromatic nitrogens is 4. The average molecular weight is 447 g/mol. The van der Waals surface area contributed by atoms with E-state index in [2.05, 4.69) is 19.9 Å². The molecule has 0 radical (unpaired) electrons. The van der Waals surface area contributed by atoms with Crippen LogP contribution >= 0.6 is 0 Å². The van der Waals surface area contributed by atoms with E-state index in [1.54, 1.807) is 12.1 Å². The van der Waals surface area contributed by atoms with Crippen LogP contribution in [0.1, 0.15) is 11.1 Å². The Labute approximate surface area is 186 Å². The molecule has 10 nitrogen and oxygen atoms in total. The number of aromatic amines is 3. The molecule has 0 bridgehead atoms. The van der Waals surface area contributed by atoms with Crippen molar-refractivity contribution in [3.63, 3.8) is 0 Å². The minimum Gasteiger partial charge on any atom is -0.493 e. The summed E-state index contributed by atoms with van der Waals surface area (Å²) in [5.74, 6) is 1.41. The zero-order valence-corrected chi connectivity index (χ0v) is 18.0. The van der Waals surface area contributed by atoms with Gasteiger partial charge in [0, 0.05) is 25.4 Å². The number of nitrogens with zero attached hydrogens (tertiary/aromatic N) is 2. The van der Waals surface area contributed by atoms with Crippen LogP contribution in [-0.4, -0.2) is 40.7 Å². The molecule has 2 aromatic carbocycles. The Hall–Kier alpha value is -4.34. The predicted octanol–water partition coefficient (Wildman–Crippen LogP) is 1.55. The monoisotopic (exact) mass is 447 g/mol. The Kier molecular flexibility index (Phi) is 4.97. The summed E-state index contributed by atoms with van der Waals surface area (Å²) in [5, 5.41) is 0.411. The molecule has 0 spiro atoms. The van der Waals surface area contributed by atoms with Gasteiger partial charge in [0.2, 0.25) is 5.95 Å². The van der Waals surface area contributed by atoms with E-state index in [1.165, 1.54) is 20.4 Å². The average Bonchev–Trinajstić information content (AvgIpc) is 2.82. The molecule has 2 aromatic heterocycles. The molecule has 0 atom stereocenters. The Bertz CT molecular complexity index is 1550. The first-order valence-corrected chi connectivity index (χ1v) is 10.3. The van der Waals surface area contributed by atoms with E-state index in [9.17, 15) is 14.4 Å². The summed E-state index contributed by atoms with van der Waals surface area (Å²) in [7, 11) is 3.05. The van der Waals surface area contributed by atoms with E-state index in [4.69, 9.17) is 9.47 Å². The largest absolute Gasteiger partial charge is 0.493 e. The van der Waals surface area contributed by atoms with Gasteiger partial charge in [0.25, 0.3) is 11.1 Å². The number of methoxy groups -OCH3 is 2. The van der Waals surface area contributed by atoms with E-state index < -0.39 is 11.2 Å². The lowest BCUT2D eigenvalue weighted by Gasteiger charge is -2.30. The number of hydrogen-bond acceptors (Lipinski definition) is 7. The number of H-pyrrole nitrogens is 3. The Morgan fingerprint density at radius 3 is 2.52 bits per heavy atom. The number of fused-ring (bicyclic) bond motifs is 2. The van der Waals surface area contributed by atoms with Gasteiger partial charge in [0.1, 0.15) is 0 Å². The molecule has 0 amide bonds. The molecule has 0 saturated carbocycles. The highest BCUT2D eigenvalue weighted by molar-refractivity contribution is 5.82. The van der Waals surface area contributed by atoms with Crippen LogP contribution in [0.5, 0.6) is 11.5 Å². The summed E-state index contributed by atoms with van der Waals surface area (Å²) in [6.45, 7) is 1.10. The molecular weight excluding hydrogens is 426 g/mol. The fourth-order valence-electron chi connectivity index (χ4n) is 4.26. The first kappa shape index (κ1) is 20.6. The van der Waals surface area contributed by atoms with Gasteiger partial charge in [0.15, 0.2) is 11.5 Å². The highest BCUT2D eigenvalue weighted by Gasteiger charge is 2.23. The molecule has 3 N–H and O–H groups in total. The van der Waals surface area contributed by atoms with Gasteiger partial charge in [-0.25, -0.2) is 9.78 Å². The number of nitrogens with one attached hydrogen (secondary N) is 3. The van der Waals surface area contributed by atoms with Gasteiger partial charge in [-0.05, 0) is 29.2 Å². The highest BCUT2D eigenvalue weighted by atomic mass is 16.5. The number of benzene rings is 2. The van der Waals surface area contributed by atoms with Gasteiger partial charge in [0.05, 0.1) is 30.7 Å². The first-order valence-electron chi connectivity index (χ1n) is 10.3. The summed E-state index contributed by atoms with van der Waals surface area (Å²) in [5.41, 5.74) is 2.50. The third-order valence-electron chi connectivity index (χ3n) is 5.87. The lowest BCUT2D eigenvalue weighted by atomic mass is 9.92. The molecule has 3 heterocycles. The van der Waals surface area contributed by atoms with E-state index in [0.717, 1.165) is 16.7 Å². The summed E-state index contributed by atoms with van der Waals surface area (Å²) in [6, 6.07) is 9.02. The Morgan fingerprint density at radius 2 is 1.76 bits per heavy atom. The van der Waals surface area contributed by atoms with E-state index in [1.807, 2.05) is 23.1 Å². The van der Waals surface area contributed by atoms with E-state index >= 15 is 0 Å². The number of hydrogen-bond donors (Lipinski definition) is 3. The lowest BCUT2D eigenvalue weighted by Crippen LogP contribution is -2.33. The zero-order chi connectivity index (χ0) is 23.1. The topological polar surface area (TPSA) is 133 Å². The van der Waals surface area contributed by atoms with E-state index in [0.29, 0.717) is 53.4 Å². The Balaban J connectivity index is 1.54. The molecule has 0 fully saturated rings. The molecule has 0 aliphatic carbocycles. The molecule has 168 valence electrons. The Morgan fingerprint density at radius 1 is 0.970 bits per heavy atom. The summed E-state index contributed by atoms with van der Waals surface area (Å²) in [4.78, 5) is 50.8. The van der Waals surface area contributed by atoms with Crippen molar-refractivity contribution in [3.8, 4) is 22.6 Å². The van der Waals surface area contributed by atoms with Crippen LogP contribution in [0.4, 0.5) is 5.95 Å². The van der Waals surface area contributed by atoms with Crippen molar-refractivity contribution in [2.24, 2.45) is 0 Å². The predicted molar refractivity (Wildman–Crippen MR) is 123 cm³/mol. The van der Waals surface area contributed by atoms with Gasteiger partial charge >= 0.3 is 5.69 Å². The molecule has 5 rings (SSSR count). The smallest absolute Gasteiger partial charge is 0.325 e. The molecule has 10 heteroatoms. The third kappa shape index (κ3) is 3.55. The minimum absolute atomic E-state index is 0.268. The normalized spacial score (nSPS) is 13.1. The van der Waals surface area contributed by atoms with Crippen LogP contribution in [0.3, 0.4) is 0 Å². The van der Waals surface area contributed by atoms with Crippen molar-refractivity contribution in [2.45, 2.75) is 13.0 Å². The maximum atomic E-state index is 12.8. The zero-order valence-electron chi connectivity index (χ0n) is 18.0. The van der Waals surface area contributed by atoms with Crippen LogP contribution in [-0.2, 0) is 13.0 Å². The third-order valence-corrected chi connectivity index (χ3v) is 5.87. The standard InChI is InChI=1S/C23H21N5O5/c1-32-18-8-15-17(9-19(18)33-2)25-22(26-20(15)29)28-7-6-13-12(11-28)4-3-5-14(13)16-10-24-23(31)27-21(16)30/h3-5,8-10H,6-7,11H2,1-2H3,(H,25,26,29)(H2,24,27,30,31). The van der Waals surface area contributed by atoms with Crippen molar-refractivity contribution < 1.29 is 9.47 Å². The second-order valence-corrected chi connectivity index (χ2v) is 7.71. The molecule has 0 saturated heterocycles. The number of anilines is 1. The molecule has 4 aromatic rings. The number of ether oxygens (including phenoxy) is 2. The second kappa shape index (κ2) is 7.97. The fourth-order valence-corrected chi connectivity index (χ4v) is 4.26. The van der Waals surface area contributed by atoms with Crippen molar-refractivity contribution in [1.29, 1.82) is 0 Å². The molecule has 1 aliphatic rings. The first-order chi connectivity index (χ1) is 16.0. The van der Waals surface area contributed by atoms with Gasteiger partial charge in [-0.1, -0.05) is 18.2 Å². The van der Waals surface area contributed by atoms with Crippen molar-refractivity contribution >= 4 is 16.9 Å². The maximum Gasteiger partial charge on any atom is 0.325 e. The SMILES string of the molecule is COc1cc2nc(N3CCc4c(cccc4-c4c[nH]c(=O)[nH]c4=O)C3)[nH]c(=O)c2cc1OC. The van der Waals surface area contributed by atoms with Gasteiger partial charge in [-0.3, -0.25) is 19.6 Å². The molecule has 0 unspecified atom stereocenters. The van der Waals surface area contributed by atoms with Crippen LogP contribution < -0.4 is 31.2 Å². The van der Waals surface area contributed by atoms with Gasteiger partial charge in [-0.2, -0.15) is 0 Å². The van der Waals surface area contributed by atoms with Crippen molar-refractivity contribution in [3.05, 3.63) is 78.8 Å². The summed E-state index contributed by atoms with van der Waals surface area (Å²) in [6.07, 6.45) is 2.07. The quantitative estimate of drug-likeness (QED) is 0.432. The van der Waals surface area contributed by atoms with Crippen LogP contribution in [0, 0.1) is 0 Å². The summed E-state index contributed by atoms with van der Waals surface area (Å²) < 4.78 is 10.6. The maximum absolute atomic E-state index is 12.8. The molecule has 1 aliphatic heterocycles. The van der Waals surface area contributed by atoms with Crippen molar-refractivity contribution in [2.75, 3.05) is 25.7 Å². The van der Waals surface area contributed by atoms with Crippen molar-refractivity contribution in [1.82, 2.24) is 19.9 Å². The highest BCUT2D eigenvalue weighted by Crippen LogP contribution is 2.32. The number of rotatable bonds is 4. The van der Waals surface area contributed by atoms with Crippen LogP contribution in [0.2, 0.25) is 0 Å². The molecular formula is C23H21N5O5. The van der Waals surface area contributed by atoms with E-state index in [-0.39, 0.29) is 5.56 Å². The van der Waals surface area contributed by atoms with Gasteiger partial charge in [-0.15, -0.1) is 0 Å². The van der Waals surface area contributed by atoms with Crippen LogP contribution in [0.25, 0.3) is 22.0 Å². The fraction of sp³-hybridized carbons (Fsp3) is 0.217.